The molecule has 9 heteroatoms. The topological polar surface area (TPSA) is 82.1 Å². The van der Waals surface area contributed by atoms with Crippen molar-refractivity contribution in [3.05, 3.63) is 30.1 Å². The van der Waals surface area contributed by atoms with Gasteiger partial charge in [0.1, 0.15) is 5.82 Å². The van der Waals surface area contributed by atoms with Gasteiger partial charge in [0.05, 0.1) is 29.8 Å². The molecule has 1 aromatic carbocycles. The third-order valence-electron chi connectivity index (χ3n) is 4.73. The van der Waals surface area contributed by atoms with E-state index in [0.29, 0.717) is 6.54 Å². The van der Waals surface area contributed by atoms with Gasteiger partial charge < -0.3 is 14.7 Å². The number of hydrogen-bond donors (Lipinski definition) is 2. The summed E-state index contributed by atoms with van der Waals surface area (Å²) in [5, 5.41) is 10.4. The summed E-state index contributed by atoms with van der Waals surface area (Å²) < 4.78 is 46.0. The quantitative estimate of drug-likeness (QED) is 0.723. The SMILES string of the molecule is CN1CCN(CC2OCC(NS(=O)(=O)c3cccc(F)c3)C2O)CC1. The molecule has 0 aliphatic carbocycles. The van der Waals surface area contributed by atoms with Gasteiger partial charge in [-0.05, 0) is 25.2 Å². The summed E-state index contributed by atoms with van der Waals surface area (Å²) in [6, 6.07) is 4.03. The molecule has 0 bridgehead atoms. The highest BCUT2D eigenvalue weighted by Gasteiger charge is 2.39. The van der Waals surface area contributed by atoms with Crippen LogP contribution in [0.1, 0.15) is 0 Å². The number of benzene rings is 1. The number of aliphatic hydroxyl groups excluding tert-OH is 1. The molecule has 7 nitrogen and oxygen atoms in total. The van der Waals surface area contributed by atoms with E-state index in [1.165, 1.54) is 18.2 Å². The second kappa shape index (κ2) is 7.65. The van der Waals surface area contributed by atoms with E-state index in [0.717, 1.165) is 32.2 Å². The van der Waals surface area contributed by atoms with Crippen LogP contribution in [0.4, 0.5) is 4.39 Å². The molecule has 0 radical (unpaired) electrons. The molecule has 2 fully saturated rings. The van der Waals surface area contributed by atoms with Gasteiger partial charge in [0.25, 0.3) is 0 Å². The maximum atomic E-state index is 13.3. The van der Waals surface area contributed by atoms with E-state index in [1.807, 2.05) is 0 Å². The second-order valence-electron chi connectivity index (χ2n) is 6.65. The van der Waals surface area contributed by atoms with Gasteiger partial charge in [-0.25, -0.2) is 17.5 Å². The molecular weight excluding hydrogens is 349 g/mol. The first-order chi connectivity index (χ1) is 11.8. The van der Waals surface area contributed by atoms with Gasteiger partial charge in [-0.15, -0.1) is 0 Å². The first-order valence-electron chi connectivity index (χ1n) is 8.33. The van der Waals surface area contributed by atoms with E-state index >= 15 is 0 Å². The monoisotopic (exact) mass is 373 g/mol. The summed E-state index contributed by atoms with van der Waals surface area (Å²) >= 11 is 0. The number of sulfonamides is 1. The normalized spacial score (nSPS) is 29.2. The largest absolute Gasteiger partial charge is 0.389 e. The molecule has 140 valence electrons. The van der Waals surface area contributed by atoms with Crippen molar-refractivity contribution in [3.63, 3.8) is 0 Å². The fourth-order valence-electron chi connectivity index (χ4n) is 3.13. The first-order valence-corrected chi connectivity index (χ1v) is 9.82. The summed E-state index contributed by atoms with van der Waals surface area (Å²) in [4.78, 5) is 4.28. The number of rotatable bonds is 5. The van der Waals surface area contributed by atoms with E-state index in [2.05, 4.69) is 21.6 Å². The summed E-state index contributed by atoms with van der Waals surface area (Å²) in [7, 11) is -1.85. The van der Waals surface area contributed by atoms with Gasteiger partial charge in [0.2, 0.25) is 10.0 Å². The fourth-order valence-corrected chi connectivity index (χ4v) is 4.40. The molecular formula is C16H24FN3O4S. The van der Waals surface area contributed by atoms with Crippen LogP contribution in [0.2, 0.25) is 0 Å². The molecule has 3 rings (SSSR count). The minimum atomic E-state index is -3.91. The number of aliphatic hydroxyl groups is 1. The number of nitrogens with one attached hydrogen (secondary N) is 1. The predicted molar refractivity (Wildman–Crippen MR) is 90.2 cm³/mol. The maximum absolute atomic E-state index is 13.3. The van der Waals surface area contributed by atoms with Crippen LogP contribution in [0.3, 0.4) is 0 Å². The summed E-state index contributed by atoms with van der Waals surface area (Å²) in [6.07, 6.45) is -1.38. The van der Waals surface area contributed by atoms with Crippen molar-refractivity contribution < 1.29 is 22.7 Å². The van der Waals surface area contributed by atoms with Crippen LogP contribution in [0.15, 0.2) is 29.2 Å². The standard InChI is InChI=1S/C16H24FN3O4S/c1-19-5-7-20(8-6-19)10-15-16(21)14(11-24-15)18-25(22,23)13-4-2-3-12(17)9-13/h2-4,9,14-16,18,21H,5-8,10-11H2,1H3. The lowest BCUT2D eigenvalue weighted by Crippen LogP contribution is -2.50. The van der Waals surface area contributed by atoms with Crippen LogP contribution in [0.25, 0.3) is 0 Å². The minimum Gasteiger partial charge on any atom is -0.389 e. The third-order valence-corrected chi connectivity index (χ3v) is 6.22. The van der Waals surface area contributed by atoms with Crippen LogP contribution < -0.4 is 4.72 Å². The third kappa shape index (κ3) is 4.55. The minimum absolute atomic E-state index is 0.0914. The Morgan fingerprint density at radius 1 is 1.32 bits per heavy atom. The molecule has 3 unspecified atom stereocenters. The molecule has 25 heavy (non-hydrogen) atoms. The maximum Gasteiger partial charge on any atom is 0.241 e. The molecule has 2 aliphatic heterocycles. The van der Waals surface area contributed by atoms with Gasteiger partial charge in [-0.3, -0.25) is 4.90 Å². The number of ether oxygens (including phenoxy) is 1. The Morgan fingerprint density at radius 2 is 2.04 bits per heavy atom. The lowest BCUT2D eigenvalue weighted by molar-refractivity contribution is 0.00636. The molecule has 2 N–H and O–H groups in total. The Balaban J connectivity index is 1.59. The summed E-state index contributed by atoms with van der Waals surface area (Å²) in [5.74, 6) is -0.626. The zero-order valence-electron chi connectivity index (χ0n) is 14.1. The van der Waals surface area contributed by atoms with Gasteiger partial charge >= 0.3 is 0 Å². The highest BCUT2D eigenvalue weighted by molar-refractivity contribution is 7.89. The Bertz CT molecular complexity index is 694. The Morgan fingerprint density at radius 3 is 2.72 bits per heavy atom. The highest BCUT2D eigenvalue weighted by atomic mass is 32.2. The lowest BCUT2D eigenvalue weighted by Gasteiger charge is -2.34. The Hall–Kier alpha value is -1.10. The summed E-state index contributed by atoms with van der Waals surface area (Å²) in [5.41, 5.74) is 0. The van der Waals surface area contributed by atoms with Gasteiger partial charge in [-0.1, -0.05) is 6.07 Å². The van der Waals surface area contributed by atoms with Crippen molar-refractivity contribution in [2.45, 2.75) is 23.1 Å². The average molecular weight is 373 g/mol. The number of piperazine rings is 1. The number of likely N-dealkylation sites (N-methyl/N-ethyl adjacent to an activating group) is 1. The number of hydrogen-bond acceptors (Lipinski definition) is 6. The lowest BCUT2D eigenvalue weighted by atomic mass is 10.1. The van der Waals surface area contributed by atoms with Crippen molar-refractivity contribution in [2.24, 2.45) is 0 Å². The second-order valence-corrected chi connectivity index (χ2v) is 8.37. The van der Waals surface area contributed by atoms with E-state index in [1.54, 1.807) is 0 Å². The first kappa shape index (κ1) is 18.7. The van der Waals surface area contributed by atoms with Crippen LogP contribution in [0, 0.1) is 5.82 Å². The molecule has 0 aromatic heterocycles. The zero-order valence-corrected chi connectivity index (χ0v) is 15.0. The van der Waals surface area contributed by atoms with Crippen molar-refractivity contribution in [1.29, 1.82) is 0 Å². The van der Waals surface area contributed by atoms with E-state index in [-0.39, 0.29) is 11.5 Å². The smallest absolute Gasteiger partial charge is 0.241 e. The van der Waals surface area contributed by atoms with E-state index in [9.17, 15) is 17.9 Å². The van der Waals surface area contributed by atoms with Crippen LogP contribution in [0.5, 0.6) is 0 Å². The molecule has 0 spiro atoms. The van der Waals surface area contributed by atoms with E-state index in [4.69, 9.17) is 4.74 Å². The highest BCUT2D eigenvalue weighted by Crippen LogP contribution is 2.19. The fraction of sp³-hybridized carbons (Fsp3) is 0.625. The average Bonchev–Trinajstić information content (AvgIpc) is 2.90. The summed E-state index contributed by atoms with van der Waals surface area (Å²) in [6.45, 7) is 4.35. The molecule has 1 aromatic rings. The molecule has 2 saturated heterocycles. The van der Waals surface area contributed by atoms with E-state index < -0.39 is 34.1 Å². The van der Waals surface area contributed by atoms with Gasteiger partial charge in [0, 0.05) is 32.7 Å². The molecule has 0 saturated carbocycles. The molecule has 2 heterocycles. The van der Waals surface area contributed by atoms with Crippen molar-refractivity contribution >= 4 is 10.0 Å². The zero-order chi connectivity index (χ0) is 18.0. The van der Waals surface area contributed by atoms with Crippen LogP contribution in [-0.4, -0.2) is 88.0 Å². The molecule has 3 atom stereocenters. The van der Waals surface area contributed by atoms with Crippen molar-refractivity contribution in [2.75, 3.05) is 46.4 Å². The number of nitrogens with zero attached hydrogens (tertiary/aromatic N) is 2. The van der Waals surface area contributed by atoms with Crippen LogP contribution in [-0.2, 0) is 14.8 Å². The molecule has 2 aliphatic rings. The Labute approximate surface area is 147 Å². The molecule has 0 amide bonds. The van der Waals surface area contributed by atoms with Crippen molar-refractivity contribution in [1.82, 2.24) is 14.5 Å². The Kier molecular flexibility index (Phi) is 5.71. The van der Waals surface area contributed by atoms with Crippen molar-refractivity contribution in [3.8, 4) is 0 Å². The number of halogens is 1. The van der Waals surface area contributed by atoms with Crippen LogP contribution >= 0.6 is 0 Å². The predicted octanol–water partition coefficient (Wildman–Crippen LogP) is -0.520. The van der Waals surface area contributed by atoms with Gasteiger partial charge in [-0.2, -0.15) is 0 Å². The van der Waals surface area contributed by atoms with Gasteiger partial charge in [0.15, 0.2) is 0 Å².